The van der Waals surface area contributed by atoms with Crippen LogP contribution in [0.4, 0.5) is 26.7 Å². The number of carbonyl (C=O) groups excluding carboxylic acids is 6. The molecule has 8 amide bonds. The number of benzene rings is 2. The lowest BCUT2D eigenvalue weighted by Crippen LogP contribution is -2.58. The lowest BCUT2D eigenvalue weighted by atomic mass is 10.0. The molecule has 2 aliphatic rings. The summed E-state index contributed by atoms with van der Waals surface area (Å²) in [5.74, 6) is -3.76. The van der Waals surface area contributed by atoms with E-state index in [1.165, 1.54) is 58.6 Å². The highest BCUT2D eigenvalue weighted by Gasteiger charge is 2.44. The second-order valence-electron chi connectivity index (χ2n) is 12.2. The van der Waals surface area contributed by atoms with Crippen molar-refractivity contribution in [2.75, 3.05) is 73.0 Å². The van der Waals surface area contributed by atoms with Gasteiger partial charge >= 0.3 is 12.1 Å². The zero-order valence-electron chi connectivity index (χ0n) is 31.1. The zero-order valence-corrected chi connectivity index (χ0v) is 32.7. The molecule has 4 rings (SSSR count). The van der Waals surface area contributed by atoms with Crippen LogP contribution in [-0.2, 0) is 49.9 Å². The Morgan fingerprint density at radius 3 is 1.64 bits per heavy atom. The molecule has 302 valence electrons. The molecule has 1 N–H and O–H groups in total. The van der Waals surface area contributed by atoms with Crippen molar-refractivity contribution in [2.45, 2.75) is 29.8 Å². The second-order valence-corrected chi connectivity index (χ2v) is 14.8. The van der Waals surface area contributed by atoms with E-state index in [9.17, 15) is 45.9 Å². The maximum atomic E-state index is 13.9. The Hall–Kier alpha value is -5.40. The van der Waals surface area contributed by atoms with Crippen LogP contribution in [0, 0.1) is 0 Å². The summed E-state index contributed by atoms with van der Waals surface area (Å²) >= 11 is -2.96. The minimum absolute atomic E-state index is 0.0295. The van der Waals surface area contributed by atoms with Gasteiger partial charge in [-0.05, 0) is 37.1 Å². The predicted octanol–water partition coefficient (Wildman–Crippen LogP) is 1.31. The van der Waals surface area contributed by atoms with Crippen molar-refractivity contribution >= 4 is 74.0 Å². The van der Waals surface area contributed by atoms with Crippen LogP contribution in [0.15, 0.2) is 61.8 Å². The number of azo groups is 2. The van der Waals surface area contributed by atoms with Gasteiger partial charge in [0.2, 0.25) is 22.1 Å². The summed E-state index contributed by atoms with van der Waals surface area (Å²) < 4.78 is 66.8. The summed E-state index contributed by atoms with van der Waals surface area (Å²) in [5, 5.41) is 15.7. The van der Waals surface area contributed by atoms with Gasteiger partial charge in [0, 0.05) is 91.1 Å². The Kier molecular flexibility index (Phi) is 14.3. The van der Waals surface area contributed by atoms with Crippen molar-refractivity contribution < 1.29 is 55.4 Å². The average Bonchev–Trinajstić information content (AvgIpc) is 3.18. The number of rotatable bonds is 17. The van der Waals surface area contributed by atoms with Crippen LogP contribution >= 0.6 is 0 Å². The molecule has 2 heterocycles. The maximum absolute atomic E-state index is 13.9. The van der Waals surface area contributed by atoms with Gasteiger partial charge in [-0.15, -0.1) is 0 Å². The topological polar surface area (TPSA) is 273 Å². The van der Waals surface area contributed by atoms with E-state index < -0.39 is 74.0 Å². The number of likely N-dealkylation sites (N-methyl/N-ethyl adjacent to an activating group) is 4. The molecule has 0 bridgehead atoms. The highest BCUT2D eigenvalue weighted by Crippen LogP contribution is 2.40. The second kappa shape index (κ2) is 18.5. The van der Waals surface area contributed by atoms with Crippen molar-refractivity contribution in [3.05, 3.63) is 36.4 Å². The van der Waals surface area contributed by atoms with Crippen LogP contribution in [0.2, 0.25) is 0 Å². The monoisotopic (exact) mass is 819 g/mol. The smallest absolute Gasteiger partial charge is 0.333 e. The van der Waals surface area contributed by atoms with Gasteiger partial charge in [0.25, 0.3) is 23.6 Å². The highest BCUT2D eigenvalue weighted by molar-refractivity contribution is 7.89. The molecule has 2 aromatic rings. The lowest BCUT2D eigenvalue weighted by molar-refractivity contribution is -0.144. The van der Waals surface area contributed by atoms with Crippen LogP contribution in [-0.4, -0.2) is 153 Å². The van der Waals surface area contributed by atoms with E-state index in [0.29, 0.717) is 19.6 Å². The molecular weight excluding hydrogens is 781 g/mol. The van der Waals surface area contributed by atoms with Gasteiger partial charge in [-0.1, -0.05) is 12.1 Å². The minimum Gasteiger partial charge on any atom is -0.755 e. The first-order valence-electron chi connectivity index (χ1n) is 16.6. The summed E-state index contributed by atoms with van der Waals surface area (Å²) in [6, 6.07) is 2.51. The third-order valence-electron chi connectivity index (χ3n) is 8.48. The number of nitrogens with zero attached hydrogens (tertiary/aromatic N) is 9. The molecule has 0 radical (unpaired) electrons. The summed E-state index contributed by atoms with van der Waals surface area (Å²) in [7, 11) is 3.11. The number of urea groups is 2. The summed E-state index contributed by atoms with van der Waals surface area (Å²) in [6.07, 6.45) is 0.489. The van der Waals surface area contributed by atoms with Gasteiger partial charge in [0.1, 0.15) is 0 Å². The Balaban J connectivity index is 1.87. The molecule has 2 fully saturated rings. The normalized spacial score (nSPS) is 17.1. The summed E-state index contributed by atoms with van der Waals surface area (Å²) in [5.41, 5.74) is -0.230. The van der Waals surface area contributed by atoms with Crippen molar-refractivity contribution in [2.24, 2.45) is 20.5 Å². The molecule has 24 heteroatoms. The largest absolute Gasteiger partial charge is 0.755 e. The summed E-state index contributed by atoms with van der Waals surface area (Å²) in [4.78, 5) is 77.5. The van der Waals surface area contributed by atoms with E-state index in [0.717, 1.165) is 24.5 Å². The zero-order chi connectivity index (χ0) is 41.5. The van der Waals surface area contributed by atoms with E-state index in [1.54, 1.807) is 0 Å². The first kappa shape index (κ1) is 43.3. The number of ether oxygens (including phenoxy) is 2. The molecule has 0 spiro atoms. The average molecular weight is 820 g/mol. The van der Waals surface area contributed by atoms with Crippen LogP contribution in [0.3, 0.4) is 0 Å². The third kappa shape index (κ3) is 9.34. The molecule has 2 aliphatic heterocycles. The van der Waals surface area contributed by atoms with E-state index >= 15 is 0 Å². The fourth-order valence-electron chi connectivity index (χ4n) is 5.38. The van der Waals surface area contributed by atoms with Crippen molar-refractivity contribution in [1.29, 1.82) is 0 Å². The fraction of sp³-hybridized carbons (Fsp3) is 0.438. The van der Waals surface area contributed by atoms with E-state index in [2.05, 4.69) is 25.2 Å². The van der Waals surface area contributed by atoms with Gasteiger partial charge < -0.3 is 18.3 Å². The third-order valence-corrected chi connectivity index (χ3v) is 10.7. The number of sulfonamides is 1. The molecule has 56 heavy (non-hydrogen) atoms. The van der Waals surface area contributed by atoms with E-state index in [-0.39, 0.29) is 67.3 Å². The predicted molar refractivity (Wildman–Crippen MR) is 195 cm³/mol. The summed E-state index contributed by atoms with van der Waals surface area (Å²) in [6.45, 7) is 0.177. The number of hydrogen-bond donors (Lipinski definition) is 1. The maximum Gasteiger partial charge on any atom is 0.333 e. The molecule has 22 nitrogen and oxygen atoms in total. The number of barbiturate groups is 2. The molecule has 2 saturated heterocycles. The van der Waals surface area contributed by atoms with Gasteiger partial charge in [-0.2, -0.15) is 20.5 Å². The van der Waals surface area contributed by atoms with Gasteiger partial charge in [0.05, 0.1) is 22.0 Å². The van der Waals surface area contributed by atoms with Crippen molar-refractivity contribution in [3.63, 3.8) is 0 Å². The molecule has 1 atom stereocenters. The van der Waals surface area contributed by atoms with Crippen molar-refractivity contribution in [1.82, 2.24) is 24.3 Å². The van der Waals surface area contributed by atoms with Gasteiger partial charge in [-0.3, -0.25) is 43.0 Å². The van der Waals surface area contributed by atoms with Crippen LogP contribution < -0.4 is 9.03 Å². The molecule has 1 unspecified atom stereocenters. The quantitative estimate of drug-likeness (QED) is 0.102. The van der Waals surface area contributed by atoms with Crippen LogP contribution in [0.1, 0.15) is 12.8 Å². The standard InChI is InChI=1S/C32H40N10O12S2/c1-38-27(43)25(28(44)39(2)31(38)47)36-34-19-9-11-21(23(17-19)42(55(49)50)14-8-16-54-6)22-12-10-20(18-24(22)56(51,52)33-13-7-15-53-5)35-37-26-29(45)40(3)32(48)41(4)30(26)46/h9-12,17-18,25-26,33H,7-8,13-16H2,1-6H3,(H,49,50)/p-1. The fourth-order valence-corrected chi connectivity index (χ4v) is 7.28. The number of amides is 8. The van der Waals surface area contributed by atoms with Crippen LogP contribution in [0.5, 0.6) is 0 Å². The van der Waals surface area contributed by atoms with E-state index in [4.69, 9.17) is 9.47 Å². The van der Waals surface area contributed by atoms with Gasteiger partial charge in [-0.25, -0.2) is 22.7 Å². The van der Waals surface area contributed by atoms with E-state index in [1.807, 2.05) is 0 Å². The number of methoxy groups -OCH3 is 2. The molecule has 0 aromatic heterocycles. The number of nitrogens with one attached hydrogen (secondary N) is 1. The Morgan fingerprint density at radius 1 is 0.732 bits per heavy atom. The molecule has 0 aliphatic carbocycles. The lowest BCUT2D eigenvalue weighted by Gasteiger charge is -2.30. The number of carbonyl (C=O) groups is 6. The highest BCUT2D eigenvalue weighted by atomic mass is 32.2. The SMILES string of the molecule is COCCCNS(=O)(=O)c1cc(N=NC2C(=O)N(C)C(=O)N(C)C2=O)ccc1-c1ccc(N=NC2C(=O)N(C)C(=O)N(C)C2=O)cc1N(CCCOC)S(=O)[O-]. The number of imide groups is 4. The Morgan fingerprint density at radius 2 is 1.18 bits per heavy atom. The van der Waals surface area contributed by atoms with Gasteiger partial charge in [0.15, 0.2) is 0 Å². The molecule has 2 aromatic carbocycles. The first-order valence-corrected chi connectivity index (χ1v) is 19.1. The molecule has 0 saturated carbocycles. The Bertz CT molecular complexity index is 2050. The minimum atomic E-state index is -4.43. The number of anilines is 1. The molecular formula is C32H39N10O12S2-. The number of hydrogen-bond acceptors (Lipinski definition) is 16. The Labute approximate surface area is 323 Å². The van der Waals surface area contributed by atoms with Crippen LogP contribution in [0.25, 0.3) is 11.1 Å². The first-order chi connectivity index (χ1) is 26.5. The van der Waals surface area contributed by atoms with Crippen molar-refractivity contribution in [3.8, 4) is 11.1 Å².